The molecule has 1 aromatic heterocycles. The average Bonchev–Trinajstić information content (AvgIpc) is 3.04. The standard InChI is InChI=1S/C18H28N4O3S/c1-18(2,3)17-15(13-20-22-17)12-19-11-14-5-7-16(8-6-14)26(23,24)21-9-10-25-4/h5-8,13,19,21H,9-12H2,1-4H3,(H,20,22). The summed E-state index contributed by atoms with van der Waals surface area (Å²) >= 11 is 0. The van der Waals surface area contributed by atoms with E-state index in [9.17, 15) is 8.42 Å². The van der Waals surface area contributed by atoms with Crippen LogP contribution in [0.3, 0.4) is 0 Å². The Morgan fingerprint density at radius 1 is 1.15 bits per heavy atom. The number of benzene rings is 1. The topological polar surface area (TPSA) is 96.1 Å². The maximum atomic E-state index is 12.1. The number of ether oxygens (including phenoxy) is 1. The van der Waals surface area contributed by atoms with Crippen molar-refractivity contribution in [3.05, 3.63) is 47.3 Å². The molecule has 8 heteroatoms. The van der Waals surface area contributed by atoms with Gasteiger partial charge in [-0.2, -0.15) is 5.10 Å². The monoisotopic (exact) mass is 380 g/mol. The van der Waals surface area contributed by atoms with Crippen molar-refractivity contribution in [3.8, 4) is 0 Å². The summed E-state index contributed by atoms with van der Waals surface area (Å²) in [5.74, 6) is 0. The number of aromatic amines is 1. The summed E-state index contributed by atoms with van der Waals surface area (Å²) in [4.78, 5) is 0.252. The molecule has 0 bridgehead atoms. The van der Waals surface area contributed by atoms with Crippen LogP contribution in [0.15, 0.2) is 35.4 Å². The number of nitrogens with zero attached hydrogens (tertiary/aromatic N) is 1. The normalized spacial score (nSPS) is 12.5. The molecule has 1 heterocycles. The third-order valence-electron chi connectivity index (χ3n) is 3.94. The van der Waals surface area contributed by atoms with E-state index in [0.29, 0.717) is 19.7 Å². The first kappa shape index (κ1) is 20.6. The van der Waals surface area contributed by atoms with E-state index < -0.39 is 10.0 Å². The maximum absolute atomic E-state index is 12.1. The minimum atomic E-state index is -3.49. The first-order valence-corrected chi connectivity index (χ1v) is 10.0. The van der Waals surface area contributed by atoms with Gasteiger partial charge in [0.25, 0.3) is 0 Å². The molecule has 26 heavy (non-hydrogen) atoms. The lowest BCUT2D eigenvalue weighted by Gasteiger charge is -2.18. The van der Waals surface area contributed by atoms with Crippen molar-refractivity contribution in [2.75, 3.05) is 20.3 Å². The molecule has 3 N–H and O–H groups in total. The van der Waals surface area contributed by atoms with E-state index in [2.05, 4.69) is 41.0 Å². The molecule has 0 aliphatic carbocycles. The summed E-state index contributed by atoms with van der Waals surface area (Å²) in [6, 6.07) is 6.87. The van der Waals surface area contributed by atoms with Crippen LogP contribution in [0.5, 0.6) is 0 Å². The van der Waals surface area contributed by atoms with Gasteiger partial charge in [0.2, 0.25) is 10.0 Å². The first-order chi connectivity index (χ1) is 12.2. The van der Waals surface area contributed by atoms with Gasteiger partial charge in [-0.15, -0.1) is 0 Å². The van der Waals surface area contributed by atoms with Crippen LogP contribution in [-0.4, -0.2) is 38.9 Å². The van der Waals surface area contributed by atoms with Crippen molar-refractivity contribution < 1.29 is 13.2 Å². The highest BCUT2D eigenvalue weighted by atomic mass is 32.2. The molecule has 1 aromatic carbocycles. The molecule has 0 aliphatic rings. The van der Waals surface area contributed by atoms with Gasteiger partial charge in [0, 0.05) is 43.4 Å². The van der Waals surface area contributed by atoms with Crippen LogP contribution in [0.25, 0.3) is 0 Å². The Morgan fingerprint density at radius 2 is 1.85 bits per heavy atom. The van der Waals surface area contributed by atoms with E-state index in [0.717, 1.165) is 16.8 Å². The lowest BCUT2D eigenvalue weighted by Crippen LogP contribution is -2.27. The second-order valence-corrected chi connectivity index (χ2v) is 8.93. The zero-order valence-corrected chi connectivity index (χ0v) is 16.6. The number of nitrogens with one attached hydrogen (secondary N) is 3. The molecule has 0 radical (unpaired) electrons. The molecule has 0 saturated carbocycles. The average molecular weight is 381 g/mol. The van der Waals surface area contributed by atoms with Gasteiger partial charge in [-0.25, -0.2) is 13.1 Å². The van der Waals surface area contributed by atoms with E-state index in [-0.39, 0.29) is 16.9 Å². The van der Waals surface area contributed by atoms with Gasteiger partial charge in [-0.3, -0.25) is 5.10 Å². The number of H-pyrrole nitrogens is 1. The molecular formula is C18H28N4O3S. The number of hydrogen-bond acceptors (Lipinski definition) is 5. The molecule has 7 nitrogen and oxygen atoms in total. The van der Waals surface area contributed by atoms with Gasteiger partial charge in [0.05, 0.1) is 17.7 Å². The SMILES string of the molecule is COCCNS(=O)(=O)c1ccc(CNCc2cn[nH]c2C(C)(C)C)cc1. The molecule has 2 aromatic rings. The number of rotatable bonds is 9. The Morgan fingerprint density at radius 3 is 2.46 bits per heavy atom. The summed E-state index contributed by atoms with van der Waals surface area (Å²) in [5, 5.41) is 10.6. The second kappa shape index (κ2) is 8.77. The Balaban J connectivity index is 1.91. The lowest BCUT2D eigenvalue weighted by atomic mass is 9.89. The van der Waals surface area contributed by atoms with Gasteiger partial charge in [0.1, 0.15) is 0 Å². The molecular weight excluding hydrogens is 352 g/mol. The van der Waals surface area contributed by atoms with E-state index in [1.54, 1.807) is 12.1 Å². The van der Waals surface area contributed by atoms with Gasteiger partial charge >= 0.3 is 0 Å². The fourth-order valence-electron chi connectivity index (χ4n) is 2.58. The highest BCUT2D eigenvalue weighted by Gasteiger charge is 2.19. The number of hydrogen-bond donors (Lipinski definition) is 3. The van der Waals surface area contributed by atoms with Crippen molar-refractivity contribution in [1.82, 2.24) is 20.2 Å². The van der Waals surface area contributed by atoms with Crippen LogP contribution < -0.4 is 10.0 Å². The van der Waals surface area contributed by atoms with Crippen LogP contribution in [0, 0.1) is 0 Å². The molecule has 2 rings (SSSR count). The highest BCUT2D eigenvalue weighted by Crippen LogP contribution is 2.23. The van der Waals surface area contributed by atoms with E-state index in [4.69, 9.17) is 4.74 Å². The molecule has 0 unspecified atom stereocenters. The van der Waals surface area contributed by atoms with Crippen molar-refractivity contribution in [2.24, 2.45) is 0 Å². The largest absolute Gasteiger partial charge is 0.383 e. The van der Waals surface area contributed by atoms with Crippen LogP contribution in [0.4, 0.5) is 0 Å². The Labute approximate surface area is 155 Å². The molecule has 144 valence electrons. The van der Waals surface area contributed by atoms with Crippen LogP contribution >= 0.6 is 0 Å². The van der Waals surface area contributed by atoms with Crippen molar-refractivity contribution in [3.63, 3.8) is 0 Å². The summed E-state index contributed by atoms with van der Waals surface area (Å²) in [7, 11) is -1.96. The molecule has 0 spiro atoms. The third-order valence-corrected chi connectivity index (χ3v) is 5.42. The lowest BCUT2D eigenvalue weighted by molar-refractivity contribution is 0.204. The molecule has 0 atom stereocenters. The smallest absolute Gasteiger partial charge is 0.240 e. The second-order valence-electron chi connectivity index (χ2n) is 7.16. The Hall–Kier alpha value is -1.74. The van der Waals surface area contributed by atoms with Gasteiger partial charge < -0.3 is 10.1 Å². The zero-order valence-electron chi connectivity index (χ0n) is 15.8. The van der Waals surface area contributed by atoms with Gasteiger partial charge in [0.15, 0.2) is 0 Å². The number of aromatic nitrogens is 2. The van der Waals surface area contributed by atoms with E-state index >= 15 is 0 Å². The van der Waals surface area contributed by atoms with Crippen molar-refractivity contribution >= 4 is 10.0 Å². The fraction of sp³-hybridized carbons (Fsp3) is 0.500. The van der Waals surface area contributed by atoms with E-state index in [1.807, 2.05) is 18.3 Å². The predicted molar refractivity (Wildman–Crippen MR) is 101 cm³/mol. The van der Waals surface area contributed by atoms with Crippen molar-refractivity contribution in [1.29, 1.82) is 0 Å². The Kier molecular flexibility index (Phi) is 6.94. The quantitative estimate of drug-likeness (QED) is 0.578. The number of methoxy groups -OCH3 is 1. The zero-order chi connectivity index (χ0) is 19.2. The van der Waals surface area contributed by atoms with Gasteiger partial charge in [-0.1, -0.05) is 32.9 Å². The summed E-state index contributed by atoms with van der Waals surface area (Å²) in [5.41, 5.74) is 3.29. The van der Waals surface area contributed by atoms with Crippen LogP contribution in [0.1, 0.15) is 37.6 Å². The summed E-state index contributed by atoms with van der Waals surface area (Å²) in [6.07, 6.45) is 1.84. The highest BCUT2D eigenvalue weighted by molar-refractivity contribution is 7.89. The van der Waals surface area contributed by atoms with Gasteiger partial charge in [-0.05, 0) is 17.7 Å². The van der Waals surface area contributed by atoms with E-state index in [1.165, 1.54) is 7.11 Å². The fourth-order valence-corrected chi connectivity index (χ4v) is 3.60. The maximum Gasteiger partial charge on any atom is 0.240 e. The molecule has 0 amide bonds. The minimum absolute atomic E-state index is 0.0132. The molecule has 0 saturated heterocycles. The first-order valence-electron chi connectivity index (χ1n) is 8.55. The minimum Gasteiger partial charge on any atom is -0.383 e. The van der Waals surface area contributed by atoms with Crippen LogP contribution in [0.2, 0.25) is 0 Å². The summed E-state index contributed by atoms with van der Waals surface area (Å²) in [6.45, 7) is 8.36. The summed E-state index contributed by atoms with van der Waals surface area (Å²) < 4.78 is 31.6. The molecule has 0 fully saturated rings. The Bertz CT molecular complexity index is 793. The predicted octanol–water partition coefficient (Wildman–Crippen LogP) is 1.92. The third kappa shape index (κ3) is 5.63. The van der Waals surface area contributed by atoms with Crippen LogP contribution in [-0.2, 0) is 33.3 Å². The molecule has 0 aliphatic heterocycles. The van der Waals surface area contributed by atoms with Crippen molar-refractivity contribution in [2.45, 2.75) is 44.2 Å². The number of sulfonamides is 1.